The molecule has 1 aromatic heterocycles. The van der Waals surface area contributed by atoms with Gasteiger partial charge >= 0.3 is 0 Å². The summed E-state index contributed by atoms with van der Waals surface area (Å²) >= 11 is 0. The molecule has 18 heavy (non-hydrogen) atoms. The molecule has 0 fully saturated rings. The first-order chi connectivity index (χ1) is 8.69. The quantitative estimate of drug-likeness (QED) is 0.804. The number of aromatic nitrogens is 2. The topological polar surface area (TPSA) is 72.1 Å². The summed E-state index contributed by atoms with van der Waals surface area (Å²) < 4.78 is 0. The van der Waals surface area contributed by atoms with Gasteiger partial charge in [-0.1, -0.05) is 26.7 Å². The van der Waals surface area contributed by atoms with Crippen molar-refractivity contribution in [1.29, 1.82) is 0 Å². The van der Waals surface area contributed by atoms with Crippen LogP contribution < -0.4 is 5.73 Å². The number of amides is 1. The van der Waals surface area contributed by atoms with E-state index >= 15 is 0 Å². The van der Waals surface area contributed by atoms with E-state index in [4.69, 9.17) is 5.73 Å². The van der Waals surface area contributed by atoms with E-state index < -0.39 is 0 Å². The lowest BCUT2D eigenvalue weighted by Crippen LogP contribution is -2.33. The zero-order chi connectivity index (χ0) is 13.4. The second kappa shape index (κ2) is 7.63. The third kappa shape index (κ3) is 4.31. The number of hydrogen-bond donors (Lipinski definition) is 1. The number of carbonyl (C=O) groups excluding carboxylic acids is 1. The molecule has 1 rings (SSSR count). The summed E-state index contributed by atoms with van der Waals surface area (Å²) in [4.78, 5) is 22.1. The average Bonchev–Trinajstić information content (AvgIpc) is 2.39. The number of unbranched alkanes of at least 4 members (excludes halogenated alkanes) is 2. The molecule has 100 valence electrons. The Morgan fingerprint density at radius 1 is 1.17 bits per heavy atom. The van der Waals surface area contributed by atoms with Crippen LogP contribution in [0.2, 0.25) is 0 Å². The molecule has 1 amide bonds. The molecule has 1 aromatic rings. The predicted molar refractivity (Wildman–Crippen MR) is 72.2 cm³/mol. The fourth-order valence-electron chi connectivity index (χ4n) is 1.62. The SMILES string of the molecule is CCCCN(CCCC)C(=O)c1cnc(N)cn1. The molecular formula is C13H22N4O. The monoisotopic (exact) mass is 250 g/mol. The normalized spacial score (nSPS) is 10.3. The number of nitrogen functional groups attached to an aromatic ring is 1. The van der Waals surface area contributed by atoms with Crippen LogP contribution in [-0.4, -0.2) is 33.9 Å². The third-order valence-corrected chi connectivity index (χ3v) is 2.74. The third-order valence-electron chi connectivity index (χ3n) is 2.74. The molecule has 0 radical (unpaired) electrons. The molecule has 5 heteroatoms. The Morgan fingerprint density at radius 2 is 1.78 bits per heavy atom. The Balaban J connectivity index is 2.70. The Morgan fingerprint density at radius 3 is 2.22 bits per heavy atom. The smallest absolute Gasteiger partial charge is 0.274 e. The van der Waals surface area contributed by atoms with Gasteiger partial charge < -0.3 is 10.6 Å². The largest absolute Gasteiger partial charge is 0.382 e. The maximum Gasteiger partial charge on any atom is 0.274 e. The maximum atomic E-state index is 12.3. The first-order valence-corrected chi connectivity index (χ1v) is 6.55. The summed E-state index contributed by atoms with van der Waals surface area (Å²) in [6.45, 7) is 5.79. The van der Waals surface area contributed by atoms with Crippen molar-refractivity contribution in [2.45, 2.75) is 39.5 Å². The molecule has 0 atom stereocenters. The molecule has 0 aromatic carbocycles. The highest BCUT2D eigenvalue weighted by Gasteiger charge is 2.16. The molecule has 0 aliphatic rings. The van der Waals surface area contributed by atoms with E-state index in [9.17, 15) is 4.79 Å². The molecule has 0 aliphatic heterocycles. The molecule has 0 saturated carbocycles. The predicted octanol–water partition coefficient (Wildman–Crippen LogP) is 2.10. The van der Waals surface area contributed by atoms with Crippen molar-refractivity contribution >= 4 is 11.7 Å². The van der Waals surface area contributed by atoms with Crippen LogP contribution in [0.5, 0.6) is 0 Å². The standard InChI is InChI=1S/C13H22N4O/c1-3-5-7-17(8-6-4-2)13(18)11-9-16-12(14)10-15-11/h9-10H,3-8H2,1-2H3,(H2,14,16). The second-order valence-electron chi connectivity index (χ2n) is 4.33. The summed E-state index contributed by atoms with van der Waals surface area (Å²) in [5, 5.41) is 0. The summed E-state index contributed by atoms with van der Waals surface area (Å²) in [6.07, 6.45) is 7.04. The van der Waals surface area contributed by atoms with Crippen molar-refractivity contribution in [1.82, 2.24) is 14.9 Å². The van der Waals surface area contributed by atoms with E-state index in [1.807, 2.05) is 4.90 Å². The van der Waals surface area contributed by atoms with Crippen LogP contribution >= 0.6 is 0 Å². The van der Waals surface area contributed by atoms with Crippen LogP contribution in [0.25, 0.3) is 0 Å². The summed E-state index contributed by atoms with van der Waals surface area (Å²) in [5.41, 5.74) is 5.84. The number of rotatable bonds is 7. The van der Waals surface area contributed by atoms with E-state index in [1.165, 1.54) is 12.4 Å². The van der Waals surface area contributed by atoms with E-state index in [2.05, 4.69) is 23.8 Å². The fourth-order valence-corrected chi connectivity index (χ4v) is 1.62. The van der Waals surface area contributed by atoms with E-state index in [1.54, 1.807) is 0 Å². The minimum Gasteiger partial charge on any atom is -0.382 e. The summed E-state index contributed by atoms with van der Waals surface area (Å²) in [7, 11) is 0. The van der Waals surface area contributed by atoms with Gasteiger partial charge in [-0.15, -0.1) is 0 Å². The van der Waals surface area contributed by atoms with E-state index in [-0.39, 0.29) is 5.91 Å². The van der Waals surface area contributed by atoms with Crippen LogP contribution in [0.1, 0.15) is 50.0 Å². The molecule has 1 heterocycles. The van der Waals surface area contributed by atoms with E-state index in [0.717, 1.165) is 38.8 Å². The highest BCUT2D eigenvalue weighted by atomic mass is 16.2. The lowest BCUT2D eigenvalue weighted by molar-refractivity contribution is 0.0744. The van der Waals surface area contributed by atoms with Gasteiger partial charge in [-0.3, -0.25) is 4.79 Å². The van der Waals surface area contributed by atoms with Crippen LogP contribution in [0, 0.1) is 0 Å². The van der Waals surface area contributed by atoms with Gasteiger partial charge in [-0.25, -0.2) is 9.97 Å². The van der Waals surface area contributed by atoms with Gasteiger partial charge in [0.25, 0.3) is 5.91 Å². The zero-order valence-electron chi connectivity index (χ0n) is 11.2. The molecule has 0 bridgehead atoms. The molecule has 5 nitrogen and oxygen atoms in total. The summed E-state index contributed by atoms with van der Waals surface area (Å²) in [5.74, 6) is 0.282. The lowest BCUT2D eigenvalue weighted by atomic mass is 10.2. The van der Waals surface area contributed by atoms with Crippen LogP contribution in [0.4, 0.5) is 5.82 Å². The number of nitrogens with two attached hydrogens (primary N) is 1. The Hall–Kier alpha value is -1.65. The minimum atomic E-state index is -0.0515. The van der Waals surface area contributed by atoms with Gasteiger partial charge in [0.2, 0.25) is 0 Å². The number of nitrogens with zero attached hydrogens (tertiary/aromatic N) is 3. The summed E-state index contributed by atoms with van der Waals surface area (Å²) in [6, 6.07) is 0. The Labute approximate surface area is 108 Å². The number of carbonyl (C=O) groups is 1. The minimum absolute atomic E-state index is 0.0515. The van der Waals surface area contributed by atoms with Crippen LogP contribution in [0.15, 0.2) is 12.4 Å². The zero-order valence-corrected chi connectivity index (χ0v) is 11.2. The number of hydrogen-bond acceptors (Lipinski definition) is 4. The van der Waals surface area contributed by atoms with Gasteiger partial charge in [0, 0.05) is 13.1 Å². The fraction of sp³-hybridized carbons (Fsp3) is 0.615. The maximum absolute atomic E-state index is 12.3. The lowest BCUT2D eigenvalue weighted by Gasteiger charge is -2.21. The second-order valence-corrected chi connectivity index (χ2v) is 4.33. The van der Waals surface area contributed by atoms with Crippen molar-refractivity contribution in [3.63, 3.8) is 0 Å². The van der Waals surface area contributed by atoms with Gasteiger partial charge in [-0.05, 0) is 12.8 Å². The van der Waals surface area contributed by atoms with Crippen molar-refractivity contribution in [2.75, 3.05) is 18.8 Å². The van der Waals surface area contributed by atoms with Crippen molar-refractivity contribution in [3.05, 3.63) is 18.1 Å². The number of anilines is 1. The van der Waals surface area contributed by atoms with Gasteiger partial charge in [0.15, 0.2) is 0 Å². The molecule has 0 aliphatic carbocycles. The first-order valence-electron chi connectivity index (χ1n) is 6.55. The molecule has 0 saturated heterocycles. The molecular weight excluding hydrogens is 228 g/mol. The van der Waals surface area contributed by atoms with Crippen molar-refractivity contribution < 1.29 is 4.79 Å². The van der Waals surface area contributed by atoms with Crippen LogP contribution in [0.3, 0.4) is 0 Å². The average molecular weight is 250 g/mol. The molecule has 0 spiro atoms. The van der Waals surface area contributed by atoms with Gasteiger partial charge in [0.05, 0.1) is 12.4 Å². The van der Waals surface area contributed by atoms with Gasteiger partial charge in [0.1, 0.15) is 11.5 Å². The Kier molecular flexibility index (Phi) is 6.11. The Bertz CT molecular complexity index is 356. The highest BCUT2D eigenvalue weighted by molar-refractivity contribution is 5.92. The first kappa shape index (κ1) is 14.4. The highest BCUT2D eigenvalue weighted by Crippen LogP contribution is 2.06. The van der Waals surface area contributed by atoms with Crippen LogP contribution in [-0.2, 0) is 0 Å². The molecule has 2 N–H and O–H groups in total. The van der Waals surface area contributed by atoms with Gasteiger partial charge in [-0.2, -0.15) is 0 Å². The molecule has 0 unspecified atom stereocenters. The van der Waals surface area contributed by atoms with E-state index in [0.29, 0.717) is 11.5 Å². The van der Waals surface area contributed by atoms with Crippen molar-refractivity contribution in [2.24, 2.45) is 0 Å². The van der Waals surface area contributed by atoms with Crippen molar-refractivity contribution in [3.8, 4) is 0 Å².